The van der Waals surface area contributed by atoms with Crippen molar-refractivity contribution < 1.29 is 13.9 Å². The normalized spacial score (nSPS) is 11.0. The maximum Gasteiger partial charge on any atom is 0.336 e. The quantitative estimate of drug-likeness (QED) is 0.692. The molecule has 0 bridgehead atoms. The Kier molecular flexibility index (Phi) is 5.11. The van der Waals surface area contributed by atoms with Crippen molar-refractivity contribution in [1.82, 2.24) is 14.8 Å². The summed E-state index contributed by atoms with van der Waals surface area (Å²) in [5, 5.41) is 4.22. The van der Waals surface area contributed by atoms with Gasteiger partial charge in [0.1, 0.15) is 5.82 Å². The molecule has 0 radical (unpaired) electrons. The Bertz CT molecular complexity index is 934. The van der Waals surface area contributed by atoms with Gasteiger partial charge < -0.3 is 4.74 Å². The zero-order valence-electron chi connectivity index (χ0n) is 14.9. The highest BCUT2D eigenvalue weighted by atomic mass is 19.1. The molecule has 0 saturated heterocycles. The van der Waals surface area contributed by atoms with Gasteiger partial charge in [0.05, 0.1) is 6.61 Å². The predicted octanol–water partition coefficient (Wildman–Crippen LogP) is 4.12. The van der Waals surface area contributed by atoms with Gasteiger partial charge >= 0.3 is 6.01 Å². The van der Waals surface area contributed by atoms with Gasteiger partial charge in [-0.3, -0.25) is 4.79 Å². The SMILES string of the molecule is Cc1ccccc1C(=O)n1nc(OCC(C)C)nc1-c1cccc(F)c1. The van der Waals surface area contributed by atoms with Gasteiger partial charge in [0.15, 0.2) is 5.82 Å². The van der Waals surface area contributed by atoms with Crippen LogP contribution >= 0.6 is 0 Å². The molecule has 0 saturated carbocycles. The second kappa shape index (κ2) is 7.47. The van der Waals surface area contributed by atoms with Crippen molar-refractivity contribution >= 4 is 5.91 Å². The summed E-state index contributed by atoms with van der Waals surface area (Å²) in [6, 6.07) is 13.2. The van der Waals surface area contributed by atoms with Crippen LogP contribution in [0, 0.1) is 18.7 Å². The first-order chi connectivity index (χ1) is 12.5. The third-order valence-electron chi connectivity index (χ3n) is 3.78. The van der Waals surface area contributed by atoms with Crippen LogP contribution in [-0.4, -0.2) is 27.3 Å². The Labute approximate surface area is 151 Å². The van der Waals surface area contributed by atoms with E-state index in [2.05, 4.69) is 10.1 Å². The van der Waals surface area contributed by atoms with Gasteiger partial charge in [-0.2, -0.15) is 9.67 Å². The molecule has 5 nitrogen and oxygen atoms in total. The molecule has 2 aromatic carbocycles. The third kappa shape index (κ3) is 3.79. The van der Waals surface area contributed by atoms with E-state index in [1.807, 2.05) is 32.9 Å². The Morgan fingerprint density at radius 1 is 1.19 bits per heavy atom. The van der Waals surface area contributed by atoms with Crippen molar-refractivity contribution in [2.75, 3.05) is 6.61 Å². The summed E-state index contributed by atoms with van der Waals surface area (Å²) in [6.45, 7) is 6.28. The van der Waals surface area contributed by atoms with Gasteiger partial charge in [-0.05, 0) is 36.6 Å². The molecule has 0 aliphatic rings. The second-order valence-electron chi connectivity index (χ2n) is 6.47. The first kappa shape index (κ1) is 17.8. The smallest absolute Gasteiger partial charge is 0.336 e. The molecule has 0 aliphatic carbocycles. The minimum absolute atomic E-state index is 0.0971. The molecular formula is C20H20FN3O2. The first-order valence-electron chi connectivity index (χ1n) is 8.42. The van der Waals surface area contributed by atoms with Crippen molar-refractivity contribution in [3.63, 3.8) is 0 Å². The van der Waals surface area contributed by atoms with Gasteiger partial charge in [-0.1, -0.05) is 44.2 Å². The van der Waals surface area contributed by atoms with Crippen LogP contribution in [0.25, 0.3) is 11.4 Å². The van der Waals surface area contributed by atoms with Crippen molar-refractivity contribution in [2.45, 2.75) is 20.8 Å². The number of benzene rings is 2. The Hall–Kier alpha value is -3.02. The van der Waals surface area contributed by atoms with Gasteiger partial charge in [-0.25, -0.2) is 4.39 Å². The molecule has 0 N–H and O–H groups in total. The van der Waals surface area contributed by atoms with Crippen molar-refractivity contribution in [1.29, 1.82) is 0 Å². The van der Waals surface area contributed by atoms with Crippen LogP contribution in [-0.2, 0) is 0 Å². The highest BCUT2D eigenvalue weighted by Crippen LogP contribution is 2.23. The summed E-state index contributed by atoms with van der Waals surface area (Å²) in [5.74, 6) is -0.220. The van der Waals surface area contributed by atoms with Crippen molar-refractivity contribution in [2.24, 2.45) is 5.92 Å². The van der Waals surface area contributed by atoms with Crippen LogP contribution in [0.2, 0.25) is 0 Å². The molecule has 0 amide bonds. The molecule has 3 aromatic rings. The van der Waals surface area contributed by atoms with Crippen LogP contribution in [0.1, 0.15) is 29.8 Å². The van der Waals surface area contributed by atoms with Gasteiger partial charge in [0, 0.05) is 11.1 Å². The fourth-order valence-electron chi connectivity index (χ4n) is 2.48. The number of rotatable bonds is 5. The fraction of sp³-hybridized carbons (Fsp3) is 0.250. The predicted molar refractivity (Wildman–Crippen MR) is 96.7 cm³/mol. The molecule has 134 valence electrons. The summed E-state index contributed by atoms with van der Waals surface area (Å²) in [7, 11) is 0. The van der Waals surface area contributed by atoms with Crippen LogP contribution in [0.15, 0.2) is 48.5 Å². The summed E-state index contributed by atoms with van der Waals surface area (Å²) in [5.41, 5.74) is 1.78. The number of halogens is 1. The van der Waals surface area contributed by atoms with Crippen LogP contribution in [0.5, 0.6) is 6.01 Å². The van der Waals surface area contributed by atoms with E-state index in [4.69, 9.17) is 4.74 Å². The van der Waals surface area contributed by atoms with Gasteiger partial charge in [0.25, 0.3) is 5.91 Å². The minimum Gasteiger partial charge on any atom is -0.462 e. The van der Waals surface area contributed by atoms with E-state index < -0.39 is 5.82 Å². The topological polar surface area (TPSA) is 57.0 Å². The summed E-state index contributed by atoms with van der Waals surface area (Å²) >= 11 is 0. The number of aromatic nitrogens is 3. The van der Waals surface area contributed by atoms with Gasteiger partial charge in [-0.15, -0.1) is 5.10 Å². The molecule has 0 atom stereocenters. The molecular weight excluding hydrogens is 333 g/mol. The highest BCUT2D eigenvalue weighted by Gasteiger charge is 2.21. The average Bonchev–Trinajstić information content (AvgIpc) is 3.04. The molecule has 0 fully saturated rings. The number of carbonyl (C=O) groups excluding carboxylic acids is 1. The lowest BCUT2D eigenvalue weighted by Gasteiger charge is -2.07. The molecule has 1 heterocycles. The maximum absolute atomic E-state index is 13.7. The molecule has 0 unspecified atom stereocenters. The lowest BCUT2D eigenvalue weighted by molar-refractivity contribution is 0.0943. The number of ether oxygens (including phenoxy) is 1. The average molecular weight is 353 g/mol. The van der Waals surface area contributed by atoms with Crippen LogP contribution in [0.3, 0.4) is 0 Å². The zero-order valence-corrected chi connectivity index (χ0v) is 14.9. The van der Waals surface area contributed by atoms with E-state index in [9.17, 15) is 9.18 Å². The molecule has 0 spiro atoms. The fourth-order valence-corrected chi connectivity index (χ4v) is 2.48. The monoisotopic (exact) mass is 353 g/mol. The molecule has 3 rings (SSSR count). The number of carbonyl (C=O) groups is 1. The first-order valence-corrected chi connectivity index (χ1v) is 8.42. The van der Waals surface area contributed by atoms with E-state index in [1.165, 1.54) is 16.8 Å². The maximum atomic E-state index is 13.7. The Morgan fingerprint density at radius 2 is 1.96 bits per heavy atom. The van der Waals surface area contributed by atoms with E-state index in [0.29, 0.717) is 17.7 Å². The number of nitrogens with zero attached hydrogens (tertiary/aromatic N) is 3. The number of hydrogen-bond donors (Lipinski definition) is 0. The molecule has 6 heteroatoms. The lowest BCUT2D eigenvalue weighted by atomic mass is 10.1. The van der Waals surface area contributed by atoms with E-state index in [0.717, 1.165) is 5.56 Å². The molecule has 26 heavy (non-hydrogen) atoms. The Balaban J connectivity index is 2.07. The summed E-state index contributed by atoms with van der Waals surface area (Å²) in [6.07, 6.45) is 0. The summed E-state index contributed by atoms with van der Waals surface area (Å²) in [4.78, 5) is 17.3. The number of aryl methyl sites for hydroxylation is 1. The van der Waals surface area contributed by atoms with Crippen LogP contribution < -0.4 is 4.74 Å². The van der Waals surface area contributed by atoms with E-state index >= 15 is 0 Å². The third-order valence-corrected chi connectivity index (χ3v) is 3.78. The van der Waals surface area contributed by atoms with E-state index in [-0.39, 0.29) is 23.7 Å². The number of hydrogen-bond acceptors (Lipinski definition) is 4. The Morgan fingerprint density at radius 3 is 2.65 bits per heavy atom. The standard InChI is InChI=1S/C20H20FN3O2/c1-13(2)12-26-20-22-18(15-8-6-9-16(21)11-15)24(23-20)19(25)17-10-5-4-7-14(17)3/h4-11,13H,12H2,1-3H3. The summed E-state index contributed by atoms with van der Waals surface area (Å²) < 4.78 is 20.4. The highest BCUT2D eigenvalue weighted by molar-refractivity contribution is 5.98. The van der Waals surface area contributed by atoms with E-state index in [1.54, 1.807) is 24.3 Å². The zero-order chi connectivity index (χ0) is 18.7. The van der Waals surface area contributed by atoms with Crippen molar-refractivity contribution in [3.8, 4) is 17.4 Å². The largest absolute Gasteiger partial charge is 0.462 e. The van der Waals surface area contributed by atoms with Crippen molar-refractivity contribution in [3.05, 3.63) is 65.5 Å². The second-order valence-corrected chi connectivity index (χ2v) is 6.47. The van der Waals surface area contributed by atoms with Crippen LogP contribution in [0.4, 0.5) is 4.39 Å². The van der Waals surface area contributed by atoms with Gasteiger partial charge in [0.2, 0.25) is 0 Å². The minimum atomic E-state index is -0.412. The molecule has 1 aromatic heterocycles. The lowest BCUT2D eigenvalue weighted by Crippen LogP contribution is -2.16. The molecule has 0 aliphatic heterocycles.